The molecule has 1 aliphatic rings. The van der Waals surface area contributed by atoms with Crippen molar-refractivity contribution in [2.75, 3.05) is 18.9 Å². The number of aliphatic imine (C=N–C) groups is 2. The Balaban J connectivity index is 1.37. The third kappa shape index (κ3) is 5.37. The van der Waals surface area contributed by atoms with Crippen molar-refractivity contribution >= 4 is 41.1 Å². The second-order valence-corrected chi connectivity index (χ2v) is 9.40. The summed E-state index contributed by atoms with van der Waals surface area (Å²) in [4.78, 5) is 31.7. The molecule has 10 nitrogen and oxygen atoms in total. The minimum Gasteiger partial charge on any atom is -0.457 e. The molecule has 0 spiro atoms. The molecule has 5 rings (SSSR count). The van der Waals surface area contributed by atoms with Crippen LogP contribution in [0.2, 0.25) is 0 Å². The molecule has 1 atom stereocenters. The standard InChI is InChI=1S/C30H30N8O2/c1-6-28(39)37-13-11-21(16-20(37)3)24-8-9-25(31-4)29(36-24)30(32-5)35-22-7-10-26(19(2)15-22)40-23-12-14-38-27(17-23)33-18-34-38/h6-12,14-15,17-18,20H,1,4,13,16H2,2-3,5H3,(H,32,35)/t20-/m0/s1. The highest BCUT2D eigenvalue weighted by Gasteiger charge is 2.24. The number of aryl methyl sites for hydroxylation is 1. The van der Waals surface area contributed by atoms with Crippen molar-refractivity contribution in [3.05, 3.63) is 90.7 Å². The predicted octanol–water partition coefficient (Wildman–Crippen LogP) is 5.24. The molecule has 1 aromatic carbocycles. The largest absolute Gasteiger partial charge is 0.457 e. The third-order valence-electron chi connectivity index (χ3n) is 6.78. The summed E-state index contributed by atoms with van der Waals surface area (Å²) in [6, 6.07) is 13.3. The fourth-order valence-electron chi connectivity index (χ4n) is 4.65. The van der Waals surface area contributed by atoms with Gasteiger partial charge in [-0.05, 0) is 80.6 Å². The number of anilines is 1. The SMILES string of the molecule is C=CC(=O)N1CC=C(c2ccc(N=C)c(/C(=N\C)Nc3ccc(Oc4ccn5ncnc5c4)c(C)c3)n2)C[C@@H]1C. The van der Waals surface area contributed by atoms with E-state index in [0.717, 1.165) is 28.3 Å². The first kappa shape index (κ1) is 26.5. The van der Waals surface area contributed by atoms with Crippen LogP contribution in [0.15, 0.2) is 83.7 Å². The van der Waals surface area contributed by atoms with Gasteiger partial charge in [0.1, 0.15) is 23.5 Å². The minimum absolute atomic E-state index is 0.0346. The van der Waals surface area contributed by atoms with Crippen molar-refractivity contribution in [1.29, 1.82) is 0 Å². The lowest BCUT2D eigenvalue weighted by Gasteiger charge is -2.32. The van der Waals surface area contributed by atoms with Crippen LogP contribution in [0.3, 0.4) is 0 Å². The molecule has 4 aromatic rings. The van der Waals surface area contributed by atoms with E-state index in [1.165, 1.54) is 12.4 Å². The molecule has 40 heavy (non-hydrogen) atoms. The Hall–Kier alpha value is -5.12. The molecule has 0 radical (unpaired) electrons. The molecule has 10 heteroatoms. The monoisotopic (exact) mass is 534 g/mol. The highest BCUT2D eigenvalue weighted by Crippen LogP contribution is 2.30. The first-order valence-corrected chi connectivity index (χ1v) is 12.8. The zero-order valence-electron chi connectivity index (χ0n) is 22.7. The van der Waals surface area contributed by atoms with Crippen LogP contribution in [-0.2, 0) is 4.79 Å². The number of hydrogen-bond donors (Lipinski definition) is 1. The molecular formula is C30H30N8O2. The van der Waals surface area contributed by atoms with Gasteiger partial charge in [-0.2, -0.15) is 5.10 Å². The fraction of sp³-hybridized carbons (Fsp3) is 0.200. The topological polar surface area (TPSA) is 109 Å². The van der Waals surface area contributed by atoms with Crippen LogP contribution in [0.1, 0.15) is 30.3 Å². The van der Waals surface area contributed by atoms with E-state index >= 15 is 0 Å². The number of nitrogens with zero attached hydrogens (tertiary/aromatic N) is 7. The summed E-state index contributed by atoms with van der Waals surface area (Å²) in [5.74, 6) is 1.88. The smallest absolute Gasteiger partial charge is 0.246 e. The van der Waals surface area contributed by atoms with Gasteiger partial charge in [-0.25, -0.2) is 14.5 Å². The second kappa shape index (κ2) is 11.3. The van der Waals surface area contributed by atoms with Crippen molar-refractivity contribution < 1.29 is 9.53 Å². The Labute approximate surface area is 232 Å². The van der Waals surface area contributed by atoms with Crippen molar-refractivity contribution in [2.24, 2.45) is 9.98 Å². The average molecular weight is 535 g/mol. The number of aromatic nitrogens is 4. The first-order valence-electron chi connectivity index (χ1n) is 12.8. The maximum Gasteiger partial charge on any atom is 0.246 e. The Kier molecular flexibility index (Phi) is 7.50. The van der Waals surface area contributed by atoms with E-state index in [4.69, 9.17) is 9.72 Å². The molecule has 0 bridgehead atoms. The first-order chi connectivity index (χ1) is 19.4. The van der Waals surface area contributed by atoms with E-state index in [2.05, 4.69) is 38.7 Å². The number of carbonyl (C=O) groups is 1. The molecule has 0 unspecified atom stereocenters. The van der Waals surface area contributed by atoms with Gasteiger partial charge in [0.25, 0.3) is 0 Å². The van der Waals surface area contributed by atoms with E-state index in [1.807, 2.05) is 62.4 Å². The number of nitrogens with one attached hydrogen (secondary N) is 1. The lowest BCUT2D eigenvalue weighted by atomic mass is 9.97. The molecule has 202 valence electrons. The molecule has 1 N–H and O–H groups in total. The van der Waals surface area contributed by atoms with E-state index in [1.54, 1.807) is 22.7 Å². The molecule has 0 saturated heterocycles. The summed E-state index contributed by atoms with van der Waals surface area (Å²) < 4.78 is 7.78. The van der Waals surface area contributed by atoms with Crippen molar-refractivity contribution in [2.45, 2.75) is 26.3 Å². The molecule has 0 fully saturated rings. The van der Waals surface area contributed by atoms with Crippen LogP contribution < -0.4 is 10.1 Å². The van der Waals surface area contributed by atoms with Gasteiger partial charge >= 0.3 is 0 Å². The molecule has 1 amide bonds. The van der Waals surface area contributed by atoms with Gasteiger partial charge in [-0.1, -0.05) is 12.7 Å². The third-order valence-corrected chi connectivity index (χ3v) is 6.78. The maximum absolute atomic E-state index is 12.1. The van der Waals surface area contributed by atoms with Crippen molar-refractivity contribution in [3.8, 4) is 11.5 Å². The molecular weight excluding hydrogens is 504 g/mol. The van der Waals surface area contributed by atoms with Crippen molar-refractivity contribution in [3.63, 3.8) is 0 Å². The summed E-state index contributed by atoms with van der Waals surface area (Å²) >= 11 is 0. The molecule has 4 heterocycles. The van der Waals surface area contributed by atoms with Gasteiger partial charge in [-0.3, -0.25) is 14.8 Å². The lowest BCUT2D eigenvalue weighted by Crippen LogP contribution is -2.40. The number of pyridine rings is 2. The number of rotatable bonds is 7. The summed E-state index contributed by atoms with van der Waals surface area (Å²) in [5.41, 5.74) is 5.55. The van der Waals surface area contributed by atoms with Crippen LogP contribution in [0, 0.1) is 6.92 Å². The number of amides is 1. The summed E-state index contributed by atoms with van der Waals surface area (Å²) in [7, 11) is 1.70. The predicted molar refractivity (Wildman–Crippen MR) is 158 cm³/mol. The Morgan fingerprint density at radius 1 is 1.23 bits per heavy atom. The Bertz CT molecular complexity index is 1670. The highest BCUT2D eigenvalue weighted by atomic mass is 16.5. The number of fused-ring (bicyclic) bond motifs is 1. The normalized spacial score (nSPS) is 15.5. The van der Waals surface area contributed by atoms with Crippen LogP contribution in [-0.4, -0.2) is 62.6 Å². The van der Waals surface area contributed by atoms with Gasteiger partial charge < -0.3 is 15.0 Å². The maximum atomic E-state index is 12.1. The van der Waals surface area contributed by atoms with Crippen molar-refractivity contribution in [1.82, 2.24) is 24.5 Å². The number of amidine groups is 1. The number of benzene rings is 1. The van der Waals surface area contributed by atoms with E-state index in [0.29, 0.717) is 41.6 Å². The summed E-state index contributed by atoms with van der Waals surface area (Å²) in [6.07, 6.45) is 7.38. The zero-order chi connectivity index (χ0) is 28.2. The van der Waals surface area contributed by atoms with E-state index in [9.17, 15) is 4.79 Å². The van der Waals surface area contributed by atoms with E-state index < -0.39 is 0 Å². The molecule has 0 saturated carbocycles. The van der Waals surface area contributed by atoms with E-state index in [-0.39, 0.29) is 11.9 Å². The van der Waals surface area contributed by atoms with Crippen LogP contribution in [0.5, 0.6) is 11.5 Å². The second-order valence-electron chi connectivity index (χ2n) is 9.40. The van der Waals surface area contributed by atoms with Gasteiger partial charge in [0, 0.05) is 37.6 Å². The Morgan fingerprint density at radius 2 is 2.08 bits per heavy atom. The molecule has 1 aliphatic heterocycles. The van der Waals surface area contributed by atoms with Gasteiger partial charge in [0.2, 0.25) is 5.91 Å². The minimum atomic E-state index is -0.0737. The molecule has 0 aliphatic carbocycles. The number of carbonyl (C=O) groups excluding carboxylic acids is 1. The number of ether oxygens (including phenoxy) is 1. The summed E-state index contributed by atoms with van der Waals surface area (Å²) in [6.45, 7) is 11.8. The van der Waals surface area contributed by atoms with Gasteiger partial charge in [0.05, 0.1) is 11.4 Å². The van der Waals surface area contributed by atoms with Gasteiger partial charge in [-0.15, -0.1) is 0 Å². The van der Waals surface area contributed by atoms with Gasteiger partial charge in [0.15, 0.2) is 11.5 Å². The average Bonchev–Trinajstić information content (AvgIpc) is 3.44. The van der Waals surface area contributed by atoms with Crippen LogP contribution in [0.25, 0.3) is 11.2 Å². The fourth-order valence-corrected chi connectivity index (χ4v) is 4.65. The summed E-state index contributed by atoms with van der Waals surface area (Å²) in [5, 5.41) is 7.49. The highest BCUT2D eigenvalue weighted by molar-refractivity contribution is 6.10. The quantitative estimate of drug-likeness (QED) is 0.197. The number of hydrogen-bond acceptors (Lipinski definition) is 7. The molecule has 3 aromatic heterocycles. The van der Waals surface area contributed by atoms with Crippen LogP contribution in [0.4, 0.5) is 11.4 Å². The lowest BCUT2D eigenvalue weighted by molar-refractivity contribution is -0.127. The van der Waals surface area contributed by atoms with Crippen LogP contribution >= 0.6 is 0 Å². The zero-order valence-corrected chi connectivity index (χ0v) is 22.7. The Morgan fingerprint density at radius 3 is 2.80 bits per heavy atom.